The Bertz CT molecular complexity index is 599. The van der Waals surface area contributed by atoms with Crippen molar-refractivity contribution in [2.75, 3.05) is 25.5 Å². The number of hydrogen-bond acceptors (Lipinski definition) is 4. The molecule has 1 heterocycles. The van der Waals surface area contributed by atoms with Gasteiger partial charge in [-0.1, -0.05) is 32.9 Å². The number of benzene rings is 1. The van der Waals surface area contributed by atoms with Gasteiger partial charge in [-0.15, -0.1) is 0 Å². The molecule has 0 aromatic heterocycles. The van der Waals surface area contributed by atoms with Gasteiger partial charge in [0.05, 0.1) is 11.9 Å². The summed E-state index contributed by atoms with van der Waals surface area (Å²) in [4.78, 5) is 0. The molecule has 1 aliphatic rings. The highest BCUT2D eigenvalue weighted by molar-refractivity contribution is 7.89. The minimum absolute atomic E-state index is 0.0350. The van der Waals surface area contributed by atoms with Crippen LogP contribution in [0.15, 0.2) is 24.3 Å². The van der Waals surface area contributed by atoms with Gasteiger partial charge in [0.25, 0.3) is 0 Å². The van der Waals surface area contributed by atoms with Crippen LogP contribution in [-0.2, 0) is 20.2 Å². The highest BCUT2D eigenvalue weighted by Crippen LogP contribution is 2.24. The molecule has 1 aliphatic heterocycles. The van der Waals surface area contributed by atoms with E-state index < -0.39 is 10.0 Å². The minimum atomic E-state index is -3.32. The molecule has 0 bridgehead atoms. The van der Waals surface area contributed by atoms with Crippen LogP contribution in [0.5, 0.6) is 5.75 Å². The molecule has 2 rings (SSSR count). The fourth-order valence-electron chi connectivity index (χ4n) is 2.66. The summed E-state index contributed by atoms with van der Waals surface area (Å²) in [6.07, 6.45) is 2.69. The normalized spacial score (nSPS) is 19.2. The molecule has 1 aromatic rings. The molecule has 24 heavy (non-hydrogen) atoms. The van der Waals surface area contributed by atoms with Crippen LogP contribution in [-0.4, -0.2) is 40.0 Å². The lowest BCUT2D eigenvalue weighted by atomic mass is 9.87. The summed E-state index contributed by atoms with van der Waals surface area (Å²) >= 11 is 0. The predicted octanol–water partition coefficient (Wildman–Crippen LogP) is 2.85. The molecule has 1 N–H and O–H groups in total. The molecule has 1 fully saturated rings. The van der Waals surface area contributed by atoms with Gasteiger partial charge in [-0.25, -0.2) is 13.1 Å². The maximum absolute atomic E-state index is 12.0. The quantitative estimate of drug-likeness (QED) is 0.764. The molecule has 1 unspecified atom stereocenters. The summed E-state index contributed by atoms with van der Waals surface area (Å²) in [6, 6.07) is 7.93. The Kier molecular flexibility index (Phi) is 6.66. The van der Waals surface area contributed by atoms with E-state index in [1.807, 2.05) is 24.3 Å². The van der Waals surface area contributed by atoms with Gasteiger partial charge in [0.1, 0.15) is 12.4 Å². The van der Waals surface area contributed by atoms with E-state index in [0.29, 0.717) is 13.2 Å². The number of hydrogen-bond donors (Lipinski definition) is 1. The maximum Gasteiger partial charge on any atom is 0.214 e. The third-order valence-corrected chi connectivity index (χ3v) is 5.55. The van der Waals surface area contributed by atoms with Crippen molar-refractivity contribution in [1.82, 2.24) is 4.72 Å². The first kappa shape index (κ1) is 19.2. The van der Waals surface area contributed by atoms with Gasteiger partial charge in [-0.05, 0) is 42.4 Å². The summed E-state index contributed by atoms with van der Waals surface area (Å²) in [6.45, 7) is 7.71. The minimum Gasteiger partial charge on any atom is -0.492 e. The second-order valence-corrected chi connectivity index (χ2v) is 9.14. The Morgan fingerprint density at radius 3 is 2.50 bits per heavy atom. The van der Waals surface area contributed by atoms with E-state index in [-0.39, 0.29) is 23.8 Å². The van der Waals surface area contributed by atoms with Crippen LogP contribution in [0.2, 0.25) is 0 Å². The molecule has 1 atom stereocenters. The molecule has 1 aromatic carbocycles. The van der Waals surface area contributed by atoms with Crippen LogP contribution in [0.4, 0.5) is 0 Å². The zero-order valence-corrected chi connectivity index (χ0v) is 15.7. The third-order valence-electron chi connectivity index (χ3n) is 4.09. The van der Waals surface area contributed by atoms with Crippen molar-refractivity contribution in [2.24, 2.45) is 0 Å². The van der Waals surface area contributed by atoms with Gasteiger partial charge in [0.15, 0.2) is 0 Å². The molecule has 0 saturated carbocycles. The van der Waals surface area contributed by atoms with Gasteiger partial charge in [0.2, 0.25) is 10.0 Å². The lowest BCUT2D eigenvalue weighted by molar-refractivity contribution is 0.0304. The van der Waals surface area contributed by atoms with Crippen molar-refractivity contribution < 1.29 is 17.9 Å². The number of rotatable bonds is 7. The largest absolute Gasteiger partial charge is 0.492 e. The van der Waals surface area contributed by atoms with E-state index in [1.54, 1.807) is 0 Å². The van der Waals surface area contributed by atoms with Gasteiger partial charge in [-0.3, -0.25) is 0 Å². The van der Waals surface area contributed by atoms with E-state index >= 15 is 0 Å². The van der Waals surface area contributed by atoms with Crippen molar-refractivity contribution in [3.05, 3.63) is 29.8 Å². The summed E-state index contributed by atoms with van der Waals surface area (Å²) in [5.74, 6) is 0.783. The van der Waals surface area contributed by atoms with Crippen molar-refractivity contribution >= 4 is 10.0 Å². The SMILES string of the molecule is CC(C)(C)c1ccc(OCCNS(=O)(=O)CC2CCCCO2)cc1. The van der Waals surface area contributed by atoms with Crippen molar-refractivity contribution in [1.29, 1.82) is 0 Å². The van der Waals surface area contributed by atoms with E-state index in [2.05, 4.69) is 25.5 Å². The van der Waals surface area contributed by atoms with E-state index in [4.69, 9.17) is 9.47 Å². The third kappa shape index (κ3) is 6.42. The number of sulfonamides is 1. The van der Waals surface area contributed by atoms with Crippen LogP contribution < -0.4 is 9.46 Å². The molecule has 0 amide bonds. The lowest BCUT2D eigenvalue weighted by Gasteiger charge is -2.22. The van der Waals surface area contributed by atoms with Crippen LogP contribution in [0.1, 0.15) is 45.6 Å². The Morgan fingerprint density at radius 1 is 1.21 bits per heavy atom. The van der Waals surface area contributed by atoms with Gasteiger partial charge in [-0.2, -0.15) is 0 Å². The second-order valence-electron chi connectivity index (χ2n) is 7.29. The molecule has 136 valence electrons. The predicted molar refractivity (Wildman–Crippen MR) is 96.0 cm³/mol. The summed E-state index contributed by atoms with van der Waals surface area (Å²) in [5.41, 5.74) is 1.35. The average Bonchev–Trinajstić information content (AvgIpc) is 2.52. The summed E-state index contributed by atoms with van der Waals surface area (Å²) in [5, 5.41) is 0. The number of nitrogens with one attached hydrogen (secondary N) is 1. The Labute approximate surface area is 145 Å². The monoisotopic (exact) mass is 355 g/mol. The van der Waals surface area contributed by atoms with Gasteiger partial charge >= 0.3 is 0 Å². The first-order valence-electron chi connectivity index (χ1n) is 8.58. The molecule has 1 saturated heterocycles. The molecular formula is C18H29NO4S. The standard InChI is InChI=1S/C18H29NO4S/c1-18(2,3)15-7-9-16(10-8-15)23-13-11-19-24(20,21)14-17-6-4-5-12-22-17/h7-10,17,19H,4-6,11-14H2,1-3H3. The Hall–Kier alpha value is -1.11. The zero-order chi connectivity index (χ0) is 17.6. The van der Waals surface area contributed by atoms with E-state index in [1.165, 1.54) is 5.56 Å². The van der Waals surface area contributed by atoms with Gasteiger partial charge in [0, 0.05) is 13.2 Å². The molecule has 0 aliphatic carbocycles. The highest BCUT2D eigenvalue weighted by Gasteiger charge is 2.21. The van der Waals surface area contributed by atoms with Crippen LogP contribution in [0.3, 0.4) is 0 Å². The average molecular weight is 356 g/mol. The zero-order valence-electron chi connectivity index (χ0n) is 14.9. The maximum atomic E-state index is 12.0. The summed E-state index contributed by atoms with van der Waals surface area (Å²) < 4.78 is 37.7. The molecule has 5 nitrogen and oxygen atoms in total. The fourth-order valence-corrected chi connectivity index (χ4v) is 3.92. The van der Waals surface area contributed by atoms with E-state index in [9.17, 15) is 8.42 Å². The molecule has 0 radical (unpaired) electrons. The molecule has 0 spiro atoms. The Balaban J connectivity index is 1.71. The molecule has 6 heteroatoms. The van der Waals surface area contributed by atoms with Crippen LogP contribution >= 0.6 is 0 Å². The van der Waals surface area contributed by atoms with Gasteiger partial charge < -0.3 is 9.47 Å². The first-order valence-corrected chi connectivity index (χ1v) is 10.2. The van der Waals surface area contributed by atoms with Crippen molar-refractivity contribution in [3.8, 4) is 5.75 Å². The number of ether oxygens (including phenoxy) is 2. The smallest absolute Gasteiger partial charge is 0.214 e. The van der Waals surface area contributed by atoms with Crippen LogP contribution in [0.25, 0.3) is 0 Å². The van der Waals surface area contributed by atoms with E-state index in [0.717, 1.165) is 25.0 Å². The van der Waals surface area contributed by atoms with Crippen LogP contribution in [0, 0.1) is 0 Å². The first-order chi connectivity index (χ1) is 11.3. The van der Waals surface area contributed by atoms with Crippen molar-refractivity contribution in [2.45, 2.75) is 51.6 Å². The Morgan fingerprint density at radius 2 is 1.92 bits per heavy atom. The highest BCUT2D eigenvalue weighted by atomic mass is 32.2. The second kappa shape index (κ2) is 8.32. The lowest BCUT2D eigenvalue weighted by Crippen LogP contribution is -2.36. The topological polar surface area (TPSA) is 64.6 Å². The molecular weight excluding hydrogens is 326 g/mol. The summed E-state index contributed by atoms with van der Waals surface area (Å²) in [7, 11) is -3.32. The fraction of sp³-hybridized carbons (Fsp3) is 0.667. The van der Waals surface area contributed by atoms with Crippen molar-refractivity contribution in [3.63, 3.8) is 0 Å².